The molecule has 0 saturated heterocycles. The largest absolute Gasteiger partial charge is 0.496 e. The van der Waals surface area contributed by atoms with E-state index in [0.29, 0.717) is 12.2 Å². The lowest BCUT2D eigenvalue weighted by molar-refractivity contribution is 0.104. The van der Waals surface area contributed by atoms with Gasteiger partial charge in [-0.25, -0.2) is 0 Å². The predicted octanol–water partition coefficient (Wildman–Crippen LogP) is 4.95. The second-order valence-electron chi connectivity index (χ2n) is 5.81. The minimum Gasteiger partial charge on any atom is -0.496 e. The SMILES string of the molecule is CCCc1c(OC)cc(/C=C/C(=O)c2ccc(OCC)cc2)cc1OC. The maximum absolute atomic E-state index is 12.4. The van der Waals surface area contributed by atoms with E-state index in [1.807, 2.05) is 19.1 Å². The highest BCUT2D eigenvalue weighted by Gasteiger charge is 2.11. The minimum atomic E-state index is -0.0661. The first kappa shape index (κ1) is 19.6. The number of methoxy groups -OCH3 is 2. The van der Waals surface area contributed by atoms with Crippen LogP contribution in [0.25, 0.3) is 6.08 Å². The highest BCUT2D eigenvalue weighted by Crippen LogP contribution is 2.32. The van der Waals surface area contributed by atoms with Crippen LogP contribution in [0.3, 0.4) is 0 Å². The van der Waals surface area contributed by atoms with Crippen LogP contribution in [-0.2, 0) is 6.42 Å². The van der Waals surface area contributed by atoms with Crippen LogP contribution >= 0.6 is 0 Å². The van der Waals surface area contributed by atoms with Gasteiger partial charge in [0.05, 0.1) is 20.8 Å². The molecule has 2 aromatic carbocycles. The third kappa shape index (κ3) is 4.88. The van der Waals surface area contributed by atoms with E-state index in [4.69, 9.17) is 14.2 Å². The Bertz CT molecular complexity index is 735. The fraction of sp³-hybridized carbons (Fsp3) is 0.318. The van der Waals surface area contributed by atoms with Gasteiger partial charge in [0.15, 0.2) is 5.78 Å². The Morgan fingerprint density at radius 2 is 1.62 bits per heavy atom. The van der Waals surface area contributed by atoms with Crippen molar-refractivity contribution in [2.24, 2.45) is 0 Å². The van der Waals surface area contributed by atoms with Crippen molar-refractivity contribution in [1.29, 1.82) is 0 Å². The highest BCUT2D eigenvalue weighted by molar-refractivity contribution is 6.06. The molecule has 2 rings (SSSR count). The van der Waals surface area contributed by atoms with E-state index >= 15 is 0 Å². The van der Waals surface area contributed by atoms with Crippen LogP contribution in [0, 0.1) is 0 Å². The summed E-state index contributed by atoms with van der Waals surface area (Å²) >= 11 is 0. The van der Waals surface area contributed by atoms with E-state index in [1.165, 1.54) is 0 Å². The average Bonchev–Trinajstić information content (AvgIpc) is 2.67. The standard InChI is InChI=1S/C22H26O4/c1-5-7-19-21(24-3)14-16(15-22(19)25-4)8-13-20(23)17-9-11-18(12-10-17)26-6-2/h8-15H,5-7H2,1-4H3/b13-8+. The van der Waals surface area contributed by atoms with Gasteiger partial charge in [-0.05, 0) is 61.4 Å². The Morgan fingerprint density at radius 3 is 2.12 bits per heavy atom. The number of benzene rings is 2. The van der Waals surface area contributed by atoms with Crippen LogP contribution in [0.1, 0.15) is 41.8 Å². The molecule has 0 aliphatic carbocycles. The molecule has 0 bridgehead atoms. The van der Waals surface area contributed by atoms with Crippen molar-refractivity contribution in [2.75, 3.05) is 20.8 Å². The van der Waals surface area contributed by atoms with Crippen LogP contribution in [0.4, 0.5) is 0 Å². The second-order valence-corrected chi connectivity index (χ2v) is 5.81. The zero-order valence-electron chi connectivity index (χ0n) is 15.9. The molecule has 0 aromatic heterocycles. The lowest BCUT2D eigenvalue weighted by atomic mass is 10.0. The zero-order valence-corrected chi connectivity index (χ0v) is 15.9. The molecule has 26 heavy (non-hydrogen) atoms. The molecule has 0 fully saturated rings. The normalized spacial score (nSPS) is 10.8. The van der Waals surface area contributed by atoms with Crippen LogP contribution in [0.2, 0.25) is 0 Å². The molecule has 0 heterocycles. The van der Waals surface area contributed by atoms with Gasteiger partial charge < -0.3 is 14.2 Å². The number of rotatable bonds is 9. The monoisotopic (exact) mass is 354 g/mol. The summed E-state index contributed by atoms with van der Waals surface area (Å²) in [5.74, 6) is 2.25. The Labute approximate surface area is 155 Å². The third-order valence-corrected chi connectivity index (χ3v) is 4.01. The highest BCUT2D eigenvalue weighted by atomic mass is 16.5. The Morgan fingerprint density at radius 1 is 1.00 bits per heavy atom. The smallest absolute Gasteiger partial charge is 0.185 e. The van der Waals surface area contributed by atoms with Gasteiger partial charge >= 0.3 is 0 Å². The molecule has 0 saturated carbocycles. The second kappa shape index (κ2) is 9.66. The number of hydrogen-bond acceptors (Lipinski definition) is 4. The number of carbonyl (C=O) groups excluding carboxylic acids is 1. The molecule has 2 aromatic rings. The number of hydrogen-bond donors (Lipinski definition) is 0. The summed E-state index contributed by atoms with van der Waals surface area (Å²) in [6, 6.07) is 11.0. The van der Waals surface area contributed by atoms with Crippen LogP contribution in [0.15, 0.2) is 42.5 Å². The van der Waals surface area contributed by atoms with Crippen molar-refractivity contribution < 1.29 is 19.0 Å². The fourth-order valence-electron chi connectivity index (χ4n) is 2.75. The summed E-state index contributed by atoms with van der Waals surface area (Å²) in [5.41, 5.74) is 2.52. The first-order chi connectivity index (χ1) is 12.6. The quantitative estimate of drug-likeness (QED) is 0.472. The average molecular weight is 354 g/mol. The molecule has 0 N–H and O–H groups in total. The van der Waals surface area contributed by atoms with Gasteiger partial charge in [-0.2, -0.15) is 0 Å². The van der Waals surface area contributed by atoms with E-state index in [0.717, 1.165) is 41.2 Å². The maximum atomic E-state index is 12.4. The zero-order chi connectivity index (χ0) is 18.9. The predicted molar refractivity (Wildman–Crippen MR) is 105 cm³/mol. The molecule has 138 valence electrons. The summed E-state index contributed by atoms with van der Waals surface area (Å²) in [6.07, 6.45) is 5.21. The van der Waals surface area contributed by atoms with Crippen LogP contribution in [-0.4, -0.2) is 26.6 Å². The molecule has 0 radical (unpaired) electrons. The molecule has 0 amide bonds. The number of ketones is 1. The molecule has 0 unspecified atom stereocenters. The van der Waals surface area contributed by atoms with Crippen LogP contribution < -0.4 is 14.2 Å². The van der Waals surface area contributed by atoms with Gasteiger partial charge in [0, 0.05) is 11.1 Å². The molecular formula is C22H26O4. The minimum absolute atomic E-state index is 0.0661. The topological polar surface area (TPSA) is 44.8 Å². The van der Waals surface area contributed by atoms with E-state index in [2.05, 4.69) is 6.92 Å². The molecule has 0 spiro atoms. The van der Waals surface area contributed by atoms with Crippen molar-refractivity contribution in [2.45, 2.75) is 26.7 Å². The van der Waals surface area contributed by atoms with Crippen molar-refractivity contribution >= 4 is 11.9 Å². The lowest BCUT2D eigenvalue weighted by Crippen LogP contribution is -1.98. The lowest BCUT2D eigenvalue weighted by Gasteiger charge is -2.13. The number of carbonyl (C=O) groups is 1. The Kier molecular flexibility index (Phi) is 7.27. The Hall–Kier alpha value is -2.75. The third-order valence-electron chi connectivity index (χ3n) is 4.01. The summed E-state index contributed by atoms with van der Waals surface area (Å²) in [5, 5.41) is 0. The van der Waals surface area contributed by atoms with Gasteiger partial charge in [0.1, 0.15) is 17.2 Å². The van der Waals surface area contributed by atoms with Gasteiger partial charge in [0.25, 0.3) is 0 Å². The first-order valence-corrected chi connectivity index (χ1v) is 8.83. The van der Waals surface area contributed by atoms with Crippen molar-refractivity contribution in [3.8, 4) is 17.2 Å². The Balaban J connectivity index is 2.22. The van der Waals surface area contributed by atoms with Crippen molar-refractivity contribution in [1.82, 2.24) is 0 Å². The maximum Gasteiger partial charge on any atom is 0.185 e. The summed E-state index contributed by atoms with van der Waals surface area (Å²) < 4.78 is 16.4. The molecular weight excluding hydrogens is 328 g/mol. The van der Waals surface area contributed by atoms with E-state index in [1.54, 1.807) is 50.6 Å². The summed E-state index contributed by atoms with van der Waals surface area (Å²) in [6.45, 7) is 4.64. The van der Waals surface area contributed by atoms with Crippen molar-refractivity contribution in [3.63, 3.8) is 0 Å². The van der Waals surface area contributed by atoms with Crippen molar-refractivity contribution in [3.05, 3.63) is 59.2 Å². The summed E-state index contributed by atoms with van der Waals surface area (Å²) in [4.78, 5) is 12.4. The fourth-order valence-corrected chi connectivity index (χ4v) is 2.75. The number of ether oxygens (including phenoxy) is 3. The van der Waals surface area contributed by atoms with Gasteiger partial charge in [-0.15, -0.1) is 0 Å². The first-order valence-electron chi connectivity index (χ1n) is 8.83. The van der Waals surface area contributed by atoms with E-state index in [9.17, 15) is 4.79 Å². The van der Waals surface area contributed by atoms with Gasteiger partial charge in [-0.1, -0.05) is 19.4 Å². The van der Waals surface area contributed by atoms with Crippen LogP contribution in [0.5, 0.6) is 17.2 Å². The molecule has 0 aliphatic rings. The summed E-state index contributed by atoms with van der Waals surface area (Å²) in [7, 11) is 3.29. The molecule has 4 heteroatoms. The van der Waals surface area contributed by atoms with Gasteiger partial charge in [0.2, 0.25) is 0 Å². The molecule has 0 atom stereocenters. The van der Waals surface area contributed by atoms with E-state index in [-0.39, 0.29) is 5.78 Å². The number of allylic oxidation sites excluding steroid dienone is 1. The van der Waals surface area contributed by atoms with E-state index < -0.39 is 0 Å². The molecule has 4 nitrogen and oxygen atoms in total. The molecule has 0 aliphatic heterocycles. The van der Waals surface area contributed by atoms with Gasteiger partial charge in [-0.3, -0.25) is 4.79 Å².